The summed E-state index contributed by atoms with van der Waals surface area (Å²) in [6, 6.07) is -0.658. The Hall–Kier alpha value is -2.38. The van der Waals surface area contributed by atoms with E-state index in [1.54, 1.807) is 12.7 Å². The molecule has 3 saturated carbocycles. The van der Waals surface area contributed by atoms with Crippen LogP contribution in [0.4, 0.5) is 0 Å². The van der Waals surface area contributed by atoms with Crippen LogP contribution in [-0.2, 0) is 47.6 Å². The predicted octanol–water partition coefficient (Wildman–Crippen LogP) is 5.49. The molecule has 0 spiro atoms. The number of amides is 2. The van der Waals surface area contributed by atoms with Gasteiger partial charge in [-0.2, -0.15) is 0 Å². The van der Waals surface area contributed by atoms with E-state index >= 15 is 0 Å². The van der Waals surface area contributed by atoms with Gasteiger partial charge in [0.05, 0.1) is 44.7 Å². The molecule has 12 heteroatoms. The van der Waals surface area contributed by atoms with Gasteiger partial charge in [0.1, 0.15) is 19.3 Å². The zero-order valence-electron chi connectivity index (χ0n) is 34.1. The Morgan fingerprint density at radius 3 is 2.33 bits per heavy atom. The van der Waals surface area contributed by atoms with Crippen molar-refractivity contribution in [1.82, 2.24) is 10.6 Å². The summed E-state index contributed by atoms with van der Waals surface area (Å²) >= 11 is 0. The molecule has 0 aromatic carbocycles. The van der Waals surface area contributed by atoms with Crippen molar-refractivity contribution >= 4 is 23.6 Å². The van der Waals surface area contributed by atoms with Gasteiger partial charge in [-0.05, 0) is 114 Å². The lowest BCUT2D eigenvalue weighted by molar-refractivity contribution is -0.165. The normalized spacial score (nSPS) is 30.7. The monoisotopic (exact) mass is 763 g/mol. The van der Waals surface area contributed by atoms with Gasteiger partial charge in [-0.1, -0.05) is 32.4 Å². The zero-order chi connectivity index (χ0) is 39.2. The fourth-order valence-electron chi connectivity index (χ4n) is 9.90. The van der Waals surface area contributed by atoms with Crippen molar-refractivity contribution in [2.45, 2.75) is 136 Å². The van der Waals surface area contributed by atoms with Gasteiger partial charge < -0.3 is 39.1 Å². The molecule has 0 radical (unpaired) electrons. The Morgan fingerprint density at radius 1 is 0.833 bits per heavy atom. The van der Waals surface area contributed by atoms with Gasteiger partial charge in [-0.25, -0.2) is 4.79 Å². The lowest BCUT2D eigenvalue weighted by atomic mass is 9.47. The van der Waals surface area contributed by atoms with Gasteiger partial charge in [0.25, 0.3) is 0 Å². The minimum absolute atomic E-state index is 0.0506. The van der Waals surface area contributed by atoms with Gasteiger partial charge in [0.15, 0.2) is 5.78 Å². The maximum absolute atomic E-state index is 13.0. The van der Waals surface area contributed by atoms with E-state index in [-0.39, 0.29) is 53.9 Å². The Labute approximate surface area is 323 Å². The highest BCUT2D eigenvalue weighted by Crippen LogP contribution is 2.66. The number of nitrogens with one attached hydrogen (secondary N) is 2. The summed E-state index contributed by atoms with van der Waals surface area (Å²) in [5, 5.41) is 5.58. The average Bonchev–Trinajstić information content (AvgIpc) is 3.47. The van der Waals surface area contributed by atoms with Crippen molar-refractivity contribution in [3.63, 3.8) is 0 Å². The number of carbonyl (C=O) groups is 4. The Balaban J connectivity index is 1.11. The molecule has 4 rings (SSSR count). The summed E-state index contributed by atoms with van der Waals surface area (Å²) in [6.45, 7) is 13.6. The molecule has 0 bridgehead atoms. The van der Waals surface area contributed by atoms with E-state index in [1.165, 1.54) is 19.8 Å². The molecule has 12 nitrogen and oxygen atoms in total. The fraction of sp³-hybridized carbons (Fsp3) is 0.857. The SMILES string of the molecule is CCCOC1(C)C=C2CCC3C(CCC4(C)C(OC(=O)COCC(=O)NC(CCCCNC(=O)CCOCCOCCOC)C(C)=O)CCC34)C2(C)CC1. The van der Waals surface area contributed by atoms with Gasteiger partial charge >= 0.3 is 5.97 Å². The molecule has 2 amide bonds. The van der Waals surface area contributed by atoms with Crippen LogP contribution >= 0.6 is 0 Å². The topological polar surface area (TPSA) is 148 Å². The minimum atomic E-state index is -0.658. The molecule has 54 heavy (non-hydrogen) atoms. The Morgan fingerprint density at radius 2 is 1.59 bits per heavy atom. The smallest absolute Gasteiger partial charge is 0.332 e. The van der Waals surface area contributed by atoms with E-state index < -0.39 is 17.9 Å². The molecule has 0 aliphatic heterocycles. The number of ketones is 1. The standard InChI is InChI=1S/C42H70N2O10/c1-7-21-53-40(3)18-19-41(4)31(27-40)11-12-32-33-13-14-36(42(33,5)17-15-34(32)41)54-39(48)29-52-28-38(47)44-35(30(2)45)10-8-9-20-43-37(46)16-22-50-25-26-51-24-23-49-6/h27,32-36H,7-26,28-29H2,1-6H3,(H,43,46)(H,44,47). The highest BCUT2D eigenvalue weighted by Gasteiger charge is 2.60. The molecule has 0 aromatic rings. The average molecular weight is 763 g/mol. The van der Waals surface area contributed by atoms with Crippen LogP contribution < -0.4 is 10.6 Å². The van der Waals surface area contributed by atoms with Crippen LogP contribution in [0.2, 0.25) is 0 Å². The number of methoxy groups -OCH3 is 1. The zero-order valence-corrected chi connectivity index (χ0v) is 34.1. The molecular formula is C42H70N2O10. The number of ether oxygens (including phenoxy) is 6. The maximum Gasteiger partial charge on any atom is 0.332 e. The molecule has 0 saturated heterocycles. The largest absolute Gasteiger partial charge is 0.460 e. The fourth-order valence-corrected chi connectivity index (χ4v) is 9.90. The highest BCUT2D eigenvalue weighted by atomic mass is 16.6. The molecule has 0 aromatic heterocycles. The first-order chi connectivity index (χ1) is 25.8. The van der Waals surface area contributed by atoms with Gasteiger partial charge in [0.2, 0.25) is 11.8 Å². The van der Waals surface area contributed by atoms with Crippen LogP contribution in [0.25, 0.3) is 0 Å². The molecule has 308 valence electrons. The number of unbranched alkanes of at least 4 members (excludes halogenated alkanes) is 1. The van der Waals surface area contributed by atoms with E-state index in [2.05, 4.69) is 44.4 Å². The second kappa shape index (κ2) is 21.2. The Bertz CT molecular complexity index is 1280. The summed E-state index contributed by atoms with van der Waals surface area (Å²) in [4.78, 5) is 49.8. The van der Waals surface area contributed by atoms with Crippen molar-refractivity contribution in [1.29, 1.82) is 0 Å². The first kappa shape index (κ1) is 44.3. The summed E-state index contributed by atoms with van der Waals surface area (Å²) in [5.41, 5.74) is 1.62. The van der Waals surface area contributed by atoms with E-state index in [4.69, 9.17) is 28.4 Å². The van der Waals surface area contributed by atoms with Crippen molar-refractivity contribution < 1.29 is 47.6 Å². The summed E-state index contributed by atoms with van der Waals surface area (Å²) in [5.74, 6) is 0.664. The van der Waals surface area contributed by atoms with Crippen molar-refractivity contribution in [2.24, 2.45) is 28.6 Å². The number of esters is 1. The van der Waals surface area contributed by atoms with Gasteiger partial charge in [0, 0.05) is 32.1 Å². The van der Waals surface area contributed by atoms with E-state index in [0.29, 0.717) is 76.6 Å². The summed E-state index contributed by atoms with van der Waals surface area (Å²) in [6.07, 6.45) is 14.1. The number of allylic oxidation sites excluding steroid dienone is 1. The van der Waals surface area contributed by atoms with Crippen LogP contribution in [0.1, 0.15) is 118 Å². The molecule has 2 N–H and O–H groups in total. The Kier molecular flexibility index (Phi) is 17.4. The minimum Gasteiger partial charge on any atom is -0.460 e. The third-order valence-electron chi connectivity index (χ3n) is 13.0. The van der Waals surface area contributed by atoms with Crippen LogP contribution in [0, 0.1) is 28.6 Å². The van der Waals surface area contributed by atoms with E-state index in [0.717, 1.165) is 51.6 Å². The lowest BCUT2D eigenvalue weighted by Crippen LogP contribution is -2.52. The molecule has 4 aliphatic carbocycles. The summed E-state index contributed by atoms with van der Waals surface area (Å²) in [7, 11) is 1.61. The van der Waals surface area contributed by atoms with Gasteiger partial charge in [-0.15, -0.1) is 0 Å². The molecule has 4 aliphatic rings. The first-order valence-electron chi connectivity index (χ1n) is 20.7. The molecule has 8 atom stereocenters. The molecule has 0 heterocycles. The molecular weight excluding hydrogens is 692 g/mol. The van der Waals surface area contributed by atoms with Crippen molar-refractivity contribution in [2.75, 3.05) is 66.5 Å². The third-order valence-corrected chi connectivity index (χ3v) is 13.0. The summed E-state index contributed by atoms with van der Waals surface area (Å²) < 4.78 is 33.5. The van der Waals surface area contributed by atoms with Crippen LogP contribution in [0.15, 0.2) is 11.6 Å². The van der Waals surface area contributed by atoms with Crippen LogP contribution in [-0.4, -0.2) is 108 Å². The van der Waals surface area contributed by atoms with Crippen molar-refractivity contribution in [3.05, 3.63) is 11.6 Å². The number of fused-ring (bicyclic) bond motifs is 5. The molecule has 3 fully saturated rings. The number of hydrogen-bond acceptors (Lipinski definition) is 10. The van der Waals surface area contributed by atoms with Crippen LogP contribution in [0.5, 0.6) is 0 Å². The molecule has 8 unspecified atom stereocenters. The van der Waals surface area contributed by atoms with E-state index in [9.17, 15) is 19.2 Å². The van der Waals surface area contributed by atoms with Gasteiger partial charge in [-0.3, -0.25) is 14.4 Å². The second-order valence-corrected chi connectivity index (χ2v) is 16.8. The number of Topliss-reactive ketones (excluding diaryl/α,β-unsaturated/α-hetero) is 1. The first-order valence-corrected chi connectivity index (χ1v) is 20.7. The van der Waals surface area contributed by atoms with Crippen LogP contribution in [0.3, 0.4) is 0 Å². The van der Waals surface area contributed by atoms with Crippen molar-refractivity contribution in [3.8, 4) is 0 Å². The van der Waals surface area contributed by atoms with E-state index in [1.807, 2.05) is 0 Å². The third kappa shape index (κ3) is 12.1. The quantitative estimate of drug-likeness (QED) is 0.0735. The second-order valence-electron chi connectivity index (χ2n) is 16.8. The number of rotatable bonds is 24. The maximum atomic E-state index is 13.0. The number of hydrogen-bond donors (Lipinski definition) is 2. The lowest BCUT2D eigenvalue weighted by Gasteiger charge is -2.59. The highest BCUT2D eigenvalue weighted by molar-refractivity contribution is 5.88. The number of carbonyl (C=O) groups excluding carboxylic acids is 4. The predicted molar refractivity (Wildman–Crippen MR) is 205 cm³/mol.